The van der Waals surface area contributed by atoms with Gasteiger partial charge in [-0.15, -0.1) is 12.4 Å². The van der Waals surface area contributed by atoms with Gasteiger partial charge in [-0.1, -0.05) is 12.1 Å². The molecule has 0 amide bonds. The maximum absolute atomic E-state index is 12.9. The van der Waals surface area contributed by atoms with Crippen molar-refractivity contribution in [1.29, 1.82) is 0 Å². The maximum Gasteiger partial charge on any atom is 0.404 e. The largest absolute Gasteiger partial charge is 0.468 e. The fourth-order valence-electron chi connectivity index (χ4n) is 3.22. The van der Waals surface area contributed by atoms with Crippen LogP contribution in [-0.4, -0.2) is 57.7 Å². The number of esters is 1. The number of aromatic nitrogens is 4. The van der Waals surface area contributed by atoms with Gasteiger partial charge in [-0.2, -0.15) is 0 Å². The molecule has 3 heterocycles. The van der Waals surface area contributed by atoms with Gasteiger partial charge in [-0.3, -0.25) is 9.32 Å². The molecule has 0 radical (unpaired) electrons. The number of imidazole rings is 1. The van der Waals surface area contributed by atoms with Gasteiger partial charge >= 0.3 is 13.6 Å². The normalized spacial score (nSPS) is 21.2. The number of carbonyl (C=O) groups is 1. The minimum absolute atomic E-state index is 0. The summed E-state index contributed by atoms with van der Waals surface area (Å²) in [6.07, 6.45) is 2.71. The fourth-order valence-corrected chi connectivity index (χ4v) is 4.63. The Labute approximate surface area is 195 Å². The number of carbonyl (C=O) groups excluding carboxylic acids is 1. The number of ether oxygens (including phenoxy) is 2. The van der Waals surface area contributed by atoms with Crippen molar-refractivity contribution < 1.29 is 27.9 Å². The van der Waals surface area contributed by atoms with Crippen LogP contribution in [0.3, 0.4) is 0 Å². The second kappa shape index (κ2) is 10.4. The smallest absolute Gasteiger partial charge is 0.404 e. The molecule has 14 heteroatoms. The Morgan fingerprint density at radius 3 is 2.73 bits per heavy atom. The summed E-state index contributed by atoms with van der Waals surface area (Å²) in [6, 6.07) is 5.98. The van der Waals surface area contributed by atoms with Crippen molar-refractivity contribution >= 4 is 43.0 Å². The quantitative estimate of drug-likeness (QED) is 0.358. The number of anilines is 1. The first kappa shape index (κ1) is 24.9. The highest BCUT2D eigenvalue weighted by Crippen LogP contribution is 2.50. The SMILES string of the molecule is COC(=O)[C@@H](N)Cc1ccc(OP2(=O)CO[C@@H](Cn3cnc4c(N)ncnc43)CO2)cc1.Cl. The third kappa shape index (κ3) is 5.79. The second-order valence-electron chi connectivity index (χ2n) is 7.22. The number of halogens is 1. The van der Waals surface area contributed by atoms with E-state index in [4.69, 9.17) is 25.3 Å². The number of fused-ring (bicyclic) bond motifs is 1. The van der Waals surface area contributed by atoms with Gasteiger partial charge < -0.3 is 30.0 Å². The molecule has 2 aromatic heterocycles. The van der Waals surface area contributed by atoms with Crippen LogP contribution in [0, 0.1) is 0 Å². The van der Waals surface area contributed by atoms with Crippen molar-refractivity contribution in [2.45, 2.75) is 25.1 Å². The molecule has 4 rings (SSSR count). The Morgan fingerprint density at radius 1 is 1.30 bits per heavy atom. The van der Waals surface area contributed by atoms with Crippen LogP contribution >= 0.6 is 20.0 Å². The minimum atomic E-state index is -3.47. The van der Waals surface area contributed by atoms with Crippen molar-refractivity contribution in [1.82, 2.24) is 19.5 Å². The third-order valence-electron chi connectivity index (χ3n) is 4.88. The molecule has 0 saturated carbocycles. The van der Waals surface area contributed by atoms with E-state index in [1.54, 1.807) is 35.2 Å². The molecule has 12 nitrogen and oxygen atoms in total. The van der Waals surface area contributed by atoms with E-state index in [1.165, 1.54) is 13.4 Å². The van der Waals surface area contributed by atoms with Gasteiger partial charge in [-0.05, 0) is 24.1 Å². The molecule has 1 saturated heterocycles. The fraction of sp³-hybridized carbons (Fsp3) is 0.368. The molecule has 33 heavy (non-hydrogen) atoms. The molecule has 0 aliphatic carbocycles. The predicted molar refractivity (Wildman–Crippen MR) is 121 cm³/mol. The maximum atomic E-state index is 12.9. The molecule has 178 valence electrons. The molecule has 1 fully saturated rings. The highest BCUT2D eigenvalue weighted by Gasteiger charge is 2.35. The number of nitrogen functional groups attached to an aromatic ring is 1. The van der Waals surface area contributed by atoms with Crippen LogP contribution in [0.1, 0.15) is 5.56 Å². The van der Waals surface area contributed by atoms with Crippen LogP contribution in [0.15, 0.2) is 36.9 Å². The Kier molecular flexibility index (Phi) is 7.88. The van der Waals surface area contributed by atoms with E-state index >= 15 is 0 Å². The number of hydrogen-bond acceptors (Lipinski definition) is 11. The summed E-state index contributed by atoms with van der Waals surface area (Å²) in [5.74, 6) is 0.168. The van der Waals surface area contributed by atoms with E-state index in [9.17, 15) is 9.36 Å². The molecular formula is C19H24ClN6O6P. The van der Waals surface area contributed by atoms with E-state index in [0.717, 1.165) is 5.56 Å². The number of rotatable bonds is 7. The van der Waals surface area contributed by atoms with E-state index in [0.29, 0.717) is 35.7 Å². The van der Waals surface area contributed by atoms with Gasteiger partial charge in [0.15, 0.2) is 17.8 Å². The summed E-state index contributed by atoms with van der Waals surface area (Å²) in [7, 11) is -2.19. The Balaban J connectivity index is 0.00000306. The zero-order valence-corrected chi connectivity index (χ0v) is 19.4. The average molecular weight is 499 g/mol. The number of hydrogen-bond donors (Lipinski definition) is 2. The van der Waals surface area contributed by atoms with Crippen molar-refractivity contribution in [3.05, 3.63) is 42.5 Å². The lowest BCUT2D eigenvalue weighted by Crippen LogP contribution is -2.33. The summed E-state index contributed by atoms with van der Waals surface area (Å²) >= 11 is 0. The van der Waals surface area contributed by atoms with E-state index in [1.807, 2.05) is 0 Å². The van der Waals surface area contributed by atoms with Gasteiger partial charge in [0.2, 0.25) is 0 Å². The standard InChI is InChI=1S/C19H23N6O6P.ClH/c1-28-19(26)15(20)6-12-2-4-13(5-3-12)31-32(27)11-29-14(8-30-32)7-25-10-24-16-17(21)22-9-23-18(16)25;/h2-5,9-10,14-15H,6-8,11,20H2,1H3,(H2,21,22,23);1H/t14-,15-,32?;/m0./s1. The highest BCUT2D eigenvalue weighted by molar-refractivity contribution is 7.54. The Hall–Kier alpha value is -2.76. The summed E-state index contributed by atoms with van der Waals surface area (Å²) in [5, 5.41) is 0. The summed E-state index contributed by atoms with van der Waals surface area (Å²) in [5.41, 5.74) is 13.5. The number of methoxy groups -OCH3 is 1. The van der Waals surface area contributed by atoms with E-state index in [-0.39, 0.29) is 31.5 Å². The lowest BCUT2D eigenvalue weighted by Gasteiger charge is -2.29. The number of nitrogens with two attached hydrogens (primary N) is 2. The lowest BCUT2D eigenvalue weighted by atomic mass is 10.1. The van der Waals surface area contributed by atoms with Crippen molar-refractivity contribution in [2.75, 3.05) is 25.8 Å². The number of nitrogens with zero attached hydrogens (tertiary/aromatic N) is 4. The van der Waals surface area contributed by atoms with Crippen LogP contribution in [-0.2, 0) is 36.3 Å². The first-order valence-electron chi connectivity index (χ1n) is 9.75. The number of benzene rings is 1. The average Bonchev–Trinajstić information content (AvgIpc) is 3.20. The topological polar surface area (TPSA) is 167 Å². The monoisotopic (exact) mass is 498 g/mol. The lowest BCUT2D eigenvalue weighted by molar-refractivity contribution is -0.142. The predicted octanol–water partition coefficient (Wildman–Crippen LogP) is 1.52. The van der Waals surface area contributed by atoms with Crippen molar-refractivity contribution in [2.24, 2.45) is 5.73 Å². The van der Waals surface area contributed by atoms with Crippen LogP contribution in [0.4, 0.5) is 5.82 Å². The molecule has 1 unspecified atom stereocenters. The van der Waals surface area contributed by atoms with Gasteiger partial charge in [0.25, 0.3) is 0 Å². The molecule has 3 atom stereocenters. The van der Waals surface area contributed by atoms with Crippen LogP contribution in [0.5, 0.6) is 5.75 Å². The Bertz CT molecular complexity index is 1150. The molecule has 1 aromatic carbocycles. The van der Waals surface area contributed by atoms with Gasteiger partial charge in [0, 0.05) is 0 Å². The first-order valence-corrected chi connectivity index (χ1v) is 11.5. The molecule has 4 N–H and O–H groups in total. The minimum Gasteiger partial charge on any atom is -0.468 e. The first-order chi connectivity index (χ1) is 15.4. The molecule has 1 aliphatic heterocycles. The Morgan fingerprint density at radius 2 is 2.06 bits per heavy atom. The van der Waals surface area contributed by atoms with Gasteiger partial charge in [-0.25, -0.2) is 19.5 Å². The van der Waals surface area contributed by atoms with Crippen LogP contribution in [0.2, 0.25) is 0 Å². The van der Waals surface area contributed by atoms with Crippen LogP contribution in [0.25, 0.3) is 11.2 Å². The van der Waals surface area contributed by atoms with Crippen molar-refractivity contribution in [3.63, 3.8) is 0 Å². The zero-order valence-electron chi connectivity index (χ0n) is 17.7. The molecule has 3 aromatic rings. The van der Waals surface area contributed by atoms with Crippen molar-refractivity contribution in [3.8, 4) is 5.75 Å². The molecular weight excluding hydrogens is 475 g/mol. The van der Waals surface area contributed by atoms with Gasteiger partial charge in [0.1, 0.15) is 29.7 Å². The summed E-state index contributed by atoms with van der Waals surface area (Å²) in [4.78, 5) is 23.8. The summed E-state index contributed by atoms with van der Waals surface area (Å²) in [6.45, 7) is 0.464. The van der Waals surface area contributed by atoms with Crippen LogP contribution < -0.4 is 16.0 Å². The molecule has 0 spiro atoms. The van der Waals surface area contributed by atoms with Gasteiger partial charge in [0.05, 0.1) is 26.6 Å². The molecule has 0 bridgehead atoms. The van der Waals surface area contributed by atoms with E-state index in [2.05, 4.69) is 19.7 Å². The second-order valence-corrected chi connectivity index (χ2v) is 9.14. The third-order valence-corrected chi connectivity index (χ3v) is 6.38. The zero-order chi connectivity index (χ0) is 22.7. The summed E-state index contributed by atoms with van der Waals surface area (Å²) < 4.78 is 36.1. The highest BCUT2D eigenvalue weighted by atomic mass is 35.5. The molecule has 1 aliphatic rings. The van der Waals surface area contributed by atoms with E-state index < -0.39 is 19.6 Å².